The van der Waals surface area contributed by atoms with Gasteiger partial charge in [-0.25, -0.2) is 0 Å². The lowest BCUT2D eigenvalue weighted by Gasteiger charge is -2.09. The zero-order valence-electron chi connectivity index (χ0n) is 18.6. The topological polar surface area (TPSA) is 90.0 Å². The van der Waals surface area contributed by atoms with Gasteiger partial charge in [0.1, 0.15) is 11.1 Å². The van der Waals surface area contributed by atoms with Crippen molar-refractivity contribution in [1.82, 2.24) is 25.2 Å². The highest BCUT2D eigenvalue weighted by Gasteiger charge is 2.17. The van der Waals surface area contributed by atoms with E-state index in [1.54, 1.807) is 7.11 Å². The summed E-state index contributed by atoms with van der Waals surface area (Å²) in [5.41, 5.74) is 4.88. The Morgan fingerprint density at radius 1 is 1.15 bits per heavy atom. The van der Waals surface area contributed by atoms with E-state index < -0.39 is 0 Å². The molecule has 0 atom stereocenters. The van der Waals surface area contributed by atoms with Crippen LogP contribution >= 0.6 is 11.9 Å². The quantitative estimate of drug-likeness (QED) is 0.320. The van der Waals surface area contributed by atoms with Gasteiger partial charge in [0, 0.05) is 29.9 Å². The van der Waals surface area contributed by atoms with Crippen molar-refractivity contribution in [1.29, 1.82) is 0 Å². The molecule has 0 radical (unpaired) electrons. The lowest BCUT2D eigenvalue weighted by molar-refractivity contribution is 0.418. The second-order valence-corrected chi connectivity index (χ2v) is 8.67. The number of anilines is 1. The molecule has 0 aliphatic rings. The average Bonchev–Trinajstić information content (AvgIpc) is 3.43. The molecule has 9 heteroatoms. The Morgan fingerprint density at radius 2 is 2.06 bits per heavy atom. The van der Waals surface area contributed by atoms with Gasteiger partial charge in [0.05, 0.1) is 30.3 Å². The van der Waals surface area contributed by atoms with Crippen LogP contribution in [-0.4, -0.2) is 34.1 Å². The van der Waals surface area contributed by atoms with Crippen LogP contribution in [0.3, 0.4) is 0 Å². The predicted octanol–water partition coefficient (Wildman–Crippen LogP) is 4.78. The number of para-hydroxylation sites is 1. The molecule has 3 aromatic heterocycles. The summed E-state index contributed by atoms with van der Waals surface area (Å²) in [5, 5.41) is 13.7. The molecule has 8 nitrogen and oxygen atoms in total. The fourth-order valence-electron chi connectivity index (χ4n) is 3.82. The largest absolute Gasteiger partial charge is 0.496 e. The minimum Gasteiger partial charge on any atom is -0.496 e. The summed E-state index contributed by atoms with van der Waals surface area (Å²) in [4.78, 5) is 5.61. The molecule has 2 N–H and O–H groups in total. The number of pyridine rings is 1. The van der Waals surface area contributed by atoms with Crippen LogP contribution < -0.4 is 14.8 Å². The number of benzene rings is 2. The minimum atomic E-state index is 0.606. The molecular weight excluding hydrogens is 436 g/mol. The van der Waals surface area contributed by atoms with E-state index in [-0.39, 0.29) is 0 Å². The zero-order valence-corrected chi connectivity index (χ0v) is 19.4. The molecule has 33 heavy (non-hydrogen) atoms. The van der Waals surface area contributed by atoms with E-state index in [0.29, 0.717) is 23.7 Å². The molecule has 0 aliphatic carbocycles. The van der Waals surface area contributed by atoms with Crippen molar-refractivity contribution in [2.24, 2.45) is 0 Å². The van der Waals surface area contributed by atoms with E-state index in [0.717, 1.165) is 44.4 Å². The number of ether oxygens (including phenoxy) is 1. The van der Waals surface area contributed by atoms with Gasteiger partial charge < -0.3 is 19.3 Å². The van der Waals surface area contributed by atoms with Gasteiger partial charge in [-0.3, -0.25) is 9.67 Å². The fraction of sp³-hybridized carbons (Fsp3) is 0.208. The van der Waals surface area contributed by atoms with E-state index in [2.05, 4.69) is 37.4 Å². The van der Waals surface area contributed by atoms with Crippen LogP contribution in [0.4, 0.5) is 5.82 Å². The summed E-state index contributed by atoms with van der Waals surface area (Å²) in [5.74, 6) is 1.30. The summed E-state index contributed by atoms with van der Waals surface area (Å²) >= 11 is 1.45. The number of methoxy groups -OCH3 is 1. The molecule has 0 saturated carbocycles. The van der Waals surface area contributed by atoms with Crippen LogP contribution in [-0.2, 0) is 13.1 Å². The van der Waals surface area contributed by atoms with Gasteiger partial charge in [-0.1, -0.05) is 17.3 Å². The number of nitrogens with zero attached hydrogens (tertiary/aromatic N) is 4. The lowest BCUT2D eigenvalue weighted by atomic mass is 10.1. The first-order valence-corrected chi connectivity index (χ1v) is 11.4. The van der Waals surface area contributed by atoms with E-state index in [1.807, 2.05) is 61.5 Å². The SMILES string of the molecule is CNCc1cnn(Cc2cc(OC)c3c(NSc4cccc5cc(C)cnc45)noc3c2)c1. The average molecular weight is 461 g/mol. The van der Waals surface area contributed by atoms with Crippen molar-refractivity contribution in [3.63, 3.8) is 0 Å². The van der Waals surface area contributed by atoms with E-state index in [1.165, 1.54) is 11.9 Å². The second kappa shape index (κ2) is 9.13. The molecule has 0 fully saturated rings. The predicted molar refractivity (Wildman–Crippen MR) is 131 cm³/mol. The highest BCUT2D eigenvalue weighted by Crippen LogP contribution is 2.36. The summed E-state index contributed by atoms with van der Waals surface area (Å²) in [6.45, 7) is 3.43. The van der Waals surface area contributed by atoms with Gasteiger partial charge in [-0.15, -0.1) is 0 Å². The lowest BCUT2D eigenvalue weighted by Crippen LogP contribution is -2.04. The Morgan fingerprint density at radius 3 is 2.91 bits per heavy atom. The van der Waals surface area contributed by atoms with Gasteiger partial charge in [0.2, 0.25) is 0 Å². The molecule has 0 bridgehead atoms. The number of aromatic nitrogens is 4. The highest BCUT2D eigenvalue weighted by atomic mass is 32.2. The van der Waals surface area contributed by atoms with E-state index in [9.17, 15) is 0 Å². The van der Waals surface area contributed by atoms with Crippen LogP contribution in [0.15, 0.2) is 64.4 Å². The molecule has 0 unspecified atom stereocenters. The molecule has 5 aromatic rings. The van der Waals surface area contributed by atoms with Crippen molar-refractivity contribution < 1.29 is 9.26 Å². The third kappa shape index (κ3) is 4.37. The number of aryl methyl sites for hydroxylation is 1. The molecule has 0 amide bonds. The van der Waals surface area contributed by atoms with Crippen LogP contribution in [0.2, 0.25) is 0 Å². The monoisotopic (exact) mass is 460 g/mol. The van der Waals surface area contributed by atoms with Crippen LogP contribution in [0.1, 0.15) is 16.7 Å². The molecule has 0 aliphatic heterocycles. The van der Waals surface area contributed by atoms with Crippen molar-refractivity contribution >= 4 is 39.6 Å². The molecule has 3 heterocycles. The van der Waals surface area contributed by atoms with Crippen molar-refractivity contribution in [2.45, 2.75) is 24.9 Å². The van der Waals surface area contributed by atoms with Gasteiger partial charge in [-0.05, 0) is 61.3 Å². The third-order valence-corrected chi connectivity index (χ3v) is 6.14. The highest BCUT2D eigenvalue weighted by molar-refractivity contribution is 8.00. The summed E-state index contributed by atoms with van der Waals surface area (Å²) in [6, 6.07) is 12.2. The molecule has 2 aromatic carbocycles. The van der Waals surface area contributed by atoms with Crippen LogP contribution in [0, 0.1) is 6.92 Å². The standard InChI is InChI=1S/C24H24N6O2S/c1-15-7-18-5-4-6-21(23(18)26-10-15)33-29-24-22-19(31-3)8-16(9-20(22)32-28-24)13-30-14-17(11-25-2)12-27-30/h4-10,12,14,25H,11,13H2,1-3H3,(H,28,29). The first kappa shape index (κ1) is 21.3. The van der Waals surface area contributed by atoms with Crippen LogP contribution in [0.5, 0.6) is 5.75 Å². The molecule has 0 saturated heterocycles. The van der Waals surface area contributed by atoms with Crippen molar-refractivity contribution in [3.8, 4) is 5.75 Å². The fourth-order valence-corrected chi connectivity index (χ4v) is 4.58. The van der Waals surface area contributed by atoms with Crippen molar-refractivity contribution in [2.75, 3.05) is 18.9 Å². The molecular formula is C24H24N6O2S. The third-order valence-electron chi connectivity index (χ3n) is 5.30. The Balaban J connectivity index is 1.40. The maximum Gasteiger partial charge on any atom is 0.191 e. The first-order valence-electron chi connectivity index (χ1n) is 10.5. The Labute approximate surface area is 195 Å². The summed E-state index contributed by atoms with van der Waals surface area (Å²) in [7, 11) is 3.57. The number of hydrogen-bond donors (Lipinski definition) is 2. The van der Waals surface area contributed by atoms with Crippen LogP contribution in [0.25, 0.3) is 21.9 Å². The Hall–Kier alpha value is -3.56. The Bertz CT molecular complexity index is 1430. The smallest absolute Gasteiger partial charge is 0.191 e. The van der Waals surface area contributed by atoms with Gasteiger partial charge in [-0.2, -0.15) is 5.10 Å². The summed E-state index contributed by atoms with van der Waals surface area (Å²) < 4.78 is 16.5. The number of rotatable bonds is 8. The molecule has 5 rings (SSSR count). The van der Waals surface area contributed by atoms with Gasteiger partial charge in [0.15, 0.2) is 11.4 Å². The number of hydrogen-bond acceptors (Lipinski definition) is 8. The van der Waals surface area contributed by atoms with Gasteiger partial charge in [0.25, 0.3) is 0 Å². The Kier molecular flexibility index (Phi) is 5.89. The first-order chi connectivity index (χ1) is 16.1. The van der Waals surface area contributed by atoms with Gasteiger partial charge >= 0.3 is 0 Å². The molecule has 0 spiro atoms. The molecule has 168 valence electrons. The number of nitrogens with one attached hydrogen (secondary N) is 2. The maximum absolute atomic E-state index is 5.68. The maximum atomic E-state index is 5.68. The number of fused-ring (bicyclic) bond motifs is 2. The van der Waals surface area contributed by atoms with Crippen molar-refractivity contribution in [3.05, 3.63) is 71.7 Å². The zero-order chi connectivity index (χ0) is 22.8. The normalized spacial score (nSPS) is 11.4. The summed E-state index contributed by atoms with van der Waals surface area (Å²) in [6.07, 6.45) is 5.77. The minimum absolute atomic E-state index is 0.606. The van der Waals surface area contributed by atoms with E-state index in [4.69, 9.17) is 9.26 Å². The second-order valence-electron chi connectivity index (χ2n) is 7.82. The van der Waals surface area contributed by atoms with E-state index >= 15 is 0 Å².